The minimum Gasteiger partial charge on any atom is -0.273 e. The molecule has 0 unspecified atom stereocenters. The van der Waals surface area contributed by atoms with Gasteiger partial charge in [0.1, 0.15) is 0 Å². The van der Waals surface area contributed by atoms with Gasteiger partial charge in [-0.1, -0.05) is 12.2 Å². The first-order chi connectivity index (χ1) is 4.84. The molecule has 0 aliphatic heterocycles. The molecule has 0 atom stereocenters. The molecule has 52 valence electrons. The van der Waals surface area contributed by atoms with E-state index in [9.17, 15) is 0 Å². The highest BCUT2D eigenvalue weighted by Gasteiger charge is 1.96. The van der Waals surface area contributed by atoms with Crippen LogP contribution in [0.4, 0.5) is 0 Å². The van der Waals surface area contributed by atoms with Crippen LogP contribution in [0.3, 0.4) is 0 Å². The second kappa shape index (κ2) is 3.65. The van der Waals surface area contributed by atoms with E-state index in [1.165, 1.54) is 0 Å². The van der Waals surface area contributed by atoms with Crippen LogP contribution in [0.1, 0.15) is 5.56 Å². The van der Waals surface area contributed by atoms with Gasteiger partial charge in [0.2, 0.25) is 0 Å². The Kier molecular flexibility index (Phi) is 2.80. The van der Waals surface area contributed by atoms with Crippen LogP contribution in [-0.4, -0.2) is 9.18 Å². The van der Waals surface area contributed by atoms with Crippen molar-refractivity contribution < 1.29 is 0 Å². The Balaban J connectivity index is 2.85. The Morgan fingerprint density at radius 1 is 1.70 bits per heavy atom. The van der Waals surface area contributed by atoms with Crippen LogP contribution in [0, 0.1) is 0 Å². The maximum Gasteiger partial charge on any atom is 0.0943 e. The number of thiocarbonyl (C=S) groups is 1. The van der Waals surface area contributed by atoms with E-state index in [4.69, 9.17) is 17.4 Å². The standard InChI is InChI=1S/C6H6N2S2/c7-10-6(9)5-2-1-3-8-4-5/h1-4H,7H2. The van der Waals surface area contributed by atoms with Crippen molar-refractivity contribution in [1.82, 2.24) is 4.98 Å². The third kappa shape index (κ3) is 1.76. The van der Waals surface area contributed by atoms with Crippen LogP contribution in [-0.2, 0) is 0 Å². The van der Waals surface area contributed by atoms with E-state index in [2.05, 4.69) is 4.98 Å². The fourth-order valence-corrected chi connectivity index (χ4v) is 0.929. The van der Waals surface area contributed by atoms with Crippen LogP contribution in [0.2, 0.25) is 0 Å². The molecule has 0 radical (unpaired) electrons. The SMILES string of the molecule is NSC(=S)c1cccnc1. The third-order valence-electron chi connectivity index (χ3n) is 1.00. The van der Waals surface area contributed by atoms with Crippen LogP contribution in [0.15, 0.2) is 24.5 Å². The number of nitrogens with two attached hydrogens (primary N) is 1. The normalized spacial score (nSPS) is 9.30. The van der Waals surface area contributed by atoms with Crippen LogP contribution >= 0.6 is 24.2 Å². The molecule has 0 saturated heterocycles. The summed E-state index contributed by atoms with van der Waals surface area (Å²) in [4.78, 5) is 3.90. The highest BCUT2D eigenvalue weighted by Crippen LogP contribution is 2.05. The molecule has 10 heavy (non-hydrogen) atoms. The van der Waals surface area contributed by atoms with E-state index in [0.29, 0.717) is 4.20 Å². The number of rotatable bonds is 1. The van der Waals surface area contributed by atoms with Gasteiger partial charge < -0.3 is 0 Å². The summed E-state index contributed by atoms with van der Waals surface area (Å²) in [5.74, 6) is 0. The van der Waals surface area contributed by atoms with Gasteiger partial charge in [-0.25, -0.2) is 0 Å². The minimum absolute atomic E-state index is 0.674. The zero-order valence-electron chi connectivity index (χ0n) is 5.15. The summed E-state index contributed by atoms with van der Waals surface area (Å²) in [6.07, 6.45) is 3.40. The van der Waals surface area contributed by atoms with Gasteiger partial charge in [0, 0.05) is 18.0 Å². The van der Waals surface area contributed by atoms with Crippen LogP contribution in [0.25, 0.3) is 0 Å². The smallest absolute Gasteiger partial charge is 0.0943 e. The summed E-state index contributed by atoms with van der Waals surface area (Å²) in [7, 11) is 0. The molecule has 1 heterocycles. The van der Waals surface area contributed by atoms with Crippen molar-refractivity contribution in [3.8, 4) is 0 Å². The maximum absolute atomic E-state index is 5.25. The van der Waals surface area contributed by atoms with Crippen molar-refractivity contribution in [2.75, 3.05) is 0 Å². The molecule has 0 aliphatic rings. The highest BCUT2D eigenvalue weighted by molar-refractivity contribution is 8.22. The van der Waals surface area contributed by atoms with Gasteiger partial charge >= 0.3 is 0 Å². The van der Waals surface area contributed by atoms with E-state index < -0.39 is 0 Å². The summed E-state index contributed by atoms with van der Waals surface area (Å²) in [6.45, 7) is 0. The Morgan fingerprint density at radius 3 is 3.00 bits per heavy atom. The molecule has 0 spiro atoms. The van der Waals surface area contributed by atoms with Crippen molar-refractivity contribution in [2.24, 2.45) is 5.14 Å². The van der Waals surface area contributed by atoms with Gasteiger partial charge in [0.05, 0.1) is 4.20 Å². The Labute approximate surface area is 69.0 Å². The van der Waals surface area contributed by atoms with Crippen molar-refractivity contribution in [1.29, 1.82) is 0 Å². The van der Waals surface area contributed by atoms with Crippen LogP contribution < -0.4 is 5.14 Å². The molecule has 0 aromatic carbocycles. The zero-order chi connectivity index (χ0) is 7.40. The average Bonchev–Trinajstić information content (AvgIpc) is 2.05. The number of pyridine rings is 1. The van der Waals surface area contributed by atoms with E-state index in [1.807, 2.05) is 12.1 Å². The van der Waals surface area contributed by atoms with Gasteiger partial charge in [-0.3, -0.25) is 10.1 Å². The molecule has 1 aromatic rings. The number of aromatic nitrogens is 1. The first-order valence-corrected chi connectivity index (χ1v) is 3.94. The summed E-state index contributed by atoms with van der Waals surface area (Å²) in [6, 6.07) is 3.72. The first kappa shape index (κ1) is 7.65. The van der Waals surface area contributed by atoms with Crippen molar-refractivity contribution in [3.63, 3.8) is 0 Å². The monoisotopic (exact) mass is 170 g/mol. The topological polar surface area (TPSA) is 38.9 Å². The fraction of sp³-hybridized carbons (Fsp3) is 0. The van der Waals surface area contributed by atoms with Crippen molar-refractivity contribution in [2.45, 2.75) is 0 Å². The summed E-state index contributed by atoms with van der Waals surface area (Å²) >= 11 is 5.99. The van der Waals surface area contributed by atoms with Gasteiger partial charge in [0.15, 0.2) is 0 Å². The highest BCUT2D eigenvalue weighted by atomic mass is 32.2. The second-order valence-electron chi connectivity index (χ2n) is 1.65. The predicted molar refractivity (Wildman–Crippen MR) is 47.7 cm³/mol. The summed E-state index contributed by atoms with van der Waals surface area (Å²) < 4.78 is 0.674. The van der Waals surface area contributed by atoms with E-state index in [1.54, 1.807) is 12.4 Å². The Hall–Kier alpha value is -0.450. The predicted octanol–water partition coefficient (Wildman–Crippen LogP) is 1.36. The second-order valence-corrected chi connectivity index (χ2v) is 2.96. The lowest BCUT2D eigenvalue weighted by molar-refractivity contribution is 1.32. The lowest BCUT2D eigenvalue weighted by Crippen LogP contribution is -1.95. The van der Waals surface area contributed by atoms with Gasteiger partial charge in [-0.2, -0.15) is 0 Å². The van der Waals surface area contributed by atoms with Gasteiger partial charge in [-0.05, 0) is 24.1 Å². The quantitative estimate of drug-likeness (QED) is 0.510. The molecule has 0 saturated carbocycles. The molecule has 2 N–H and O–H groups in total. The maximum atomic E-state index is 5.25. The first-order valence-electron chi connectivity index (χ1n) is 2.65. The minimum atomic E-state index is 0.674. The van der Waals surface area contributed by atoms with Crippen molar-refractivity contribution in [3.05, 3.63) is 30.1 Å². The summed E-state index contributed by atoms with van der Waals surface area (Å²) in [5.41, 5.74) is 0.907. The molecular formula is C6H6N2S2. The Morgan fingerprint density at radius 2 is 2.50 bits per heavy atom. The molecule has 0 fully saturated rings. The number of nitrogens with zero attached hydrogens (tertiary/aromatic N) is 1. The van der Waals surface area contributed by atoms with Crippen molar-refractivity contribution >= 4 is 28.4 Å². The molecular weight excluding hydrogens is 164 g/mol. The Bertz CT molecular complexity index is 222. The molecule has 0 amide bonds. The van der Waals surface area contributed by atoms with Gasteiger partial charge in [-0.15, -0.1) is 0 Å². The zero-order valence-corrected chi connectivity index (χ0v) is 6.78. The lowest BCUT2D eigenvalue weighted by atomic mass is 10.3. The van der Waals surface area contributed by atoms with Gasteiger partial charge in [0.25, 0.3) is 0 Å². The average molecular weight is 170 g/mol. The lowest BCUT2D eigenvalue weighted by Gasteiger charge is -1.95. The molecule has 0 aliphatic carbocycles. The third-order valence-corrected chi connectivity index (χ3v) is 1.98. The molecule has 1 rings (SSSR count). The molecule has 0 bridgehead atoms. The molecule has 1 aromatic heterocycles. The molecule has 2 nitrogen and oxygen atoms in total. The molecule has 4 heteroatoms. The summed E-state index contributed by atoms with van der Waals surface area (Å²) in [5, 5.41) is 5.25. The van der Waals surface area contributed by atoms with E-state index in [-0.39, 0.29) is 0 Å². The number of hydrogen-bond donors (Lipinski definition) is 1. The van der Waals surface area contributed by atoms with Crippen LogP contribution in [0.5, 0.6) is 0 Å². The number of hydrogen-bond acceptors (Lipinski definition) is 4. The fourth-order valence-electron chi connectivity index (χ4n) is 0.552. The van der Waals surface area contributed by atoms with E-state index >= 15 is 0 Å². The van der Waals surface area contributed by atoms with E-state index in [0.717, 1.165) is 17.5 Å². The largest absolute Gasteiger partial charge is 0.273 e.